The lowest BCUT2D eigenvalue weighted by atomic mass is 10.2. The zero-order valence-electron chi connectivity index (χ0n) is 13.0. The number of hydrogen-bond donors (Lipinski definition) is 0. The van der Waals surface area contributed by atoms with Crippen LogP contribution in [0, 0.1) is 6.92 Å². The first kappa shape index (κ1) is 14.4. The Hall–Kier alpha value is -2.50. The molecule has 114 valence electrons. The highest BCUT2D eigenvalue weighted by Gasteiger charge is 2.21. The molecule has 0 fully saturated rings. The first-order valence-corrected chi connectivity index (χ1v) is 7.51. The summed E-state index contributed by atoms with van der Waals surface area (Å²) in [4.78, 5) is 13.3. The molecule has 0 bridgehead atoms. The maximum atomic E-state index is 5.34. The van der Waals surface area contributed by atoms with Gasteiger partial charge in [0.1, 0.15) is 11.7 Å². The fourth-order valence-corrected chi connectivity index (χ4v) is 2.47. The molecule has 0 radical (unpaired) electrons. The van der Waals surface area contributed by atoms with Crippen LogP contribution in [0.15, 0.2) is 35.2 Å². The van der Waals surface area contributed by atoms with Gasteiger partial charge in [-0.05, 0) is 31.4 Å². The average molecular weight is 297 g/mol. The summed E-state index contributed by atoms with van der Waals surface area (Å²) >= 11 is 0. The van der Waals surface area contributed by atoms with Gasteiger partial charge in [0.2, 0.25) is 5.89 Å². The Morgan fingerprint density at radius 1 is 1.23 bits per heavy atom. The Labute approximate surface area is 129 Å². The third-order valence-electron chi connectivity index (χ3n) is 3.68. The van der Waals surface area contributed by atoms with E-state index < -0.39 is 0 Å². The number of hydrogen-bond acceptors (Lipinski definition) is 5. The SMILES string of the molecule is CCc1ccc(-c2nccn2C(CC)c2nc(C)no2)nc1. The van der Waals surface area contributed by atoms with Gasteiger partial charge in [0, 0.05) is 18.6 Å². The van der Waals surface area contributed by atoms with Gasteiger partial charge >= 0.3 is 0 Å². The van der Waals surface area contributed by atoms with Gasteiger partial charge in [-0.15, -0.1) is 0 Å². The Kier molecular flexibility index (Phi) is 4.00. The van der Waals surface area contributed by atoms with E-state index in [1.165, 1.54) is 5.56 Å². The van der Waals surface area contributed by atoms with E-state index in [-0.39, 0.29) is 6.04 Å². The fourth-order valence-electron chi connectivity index (χ4n) is 2.47. The van der Waals surface area contributed by atoms with Gasteiger partial charge in [-0.2, -0.15) is 4.98 Å². The number of imidazole rings is 1. The largest absolute Gasteiger partial charge is 0.337 e. The summed E-state index contributed by atoms with van der Waals surface area (Å²) in [5.41, 5.74) is 2.05. The first-order valence-electron chi connectivity index (χ1n) is 7.51. The zero-order chi connectivity index (χ0) is 15.5. The van der Waals surface area contributed by atoms with Crippen LogP contribution in [-0.4, -0.2) is 24.7 Å². The van der Waals surface area contributed by atoms with Crippen LogP contribution in [0.3, 0.4) is 0 Å². The summed E-state index contributed by atoms with van der Waals surface area (Å²) in [6.45, 7) is 6.02. The fraction of sp³-hybridized carbons (Fsp3) is 0.375. The Balaban J connectivity index is 1.99. The van der Waals surface area contributed by atoms with Gasteiger partial charge in [0.05, 0.1) is 0 Å². The molecule has 0 aliphatic rings. The molecule has 3 aromatic heterocycles. The molecule has 3 rings (SSSR count). The van der Waals surface area contributed by atoms with Crippen molar-refractivity contribution in [1.82, 2.24) is 24.7 Å². The summed E-state index contributed by atoms with van der Waals surface area (Å²) in [7, 11) is 0. The molecule has 0 saturated carbocycles. The topological polar surface area (TPSA) is 69.6 Å². The lowest BCUT2D eigenvalue weighted by Gasteiger charge is -2.15. The van der Waals surface area contributed by atoms with E-state index in [4.69, 9.17) is 4.52 Å². The van der Waals surface area contributed by atoms with Gasteiger partial charge in [0.15, 0.2) is 11.6 Å². The van der Waals surface area contributed by atoms with Crippen molar-refractivity contribution in [3.63, 3.8) is 0 Å². The third-order valence-corrected chi connectivity index (χ3v) is 3.68. The van der Waals surface area contributed by atoms with Crippen molar-refractivity contribution in [2.45, 2.75) is 39.7 Å². The Morgan fingerprint density at radius 3 is 2.68 bits per heavy atom. The first-order chi connectivity index (χ1) is 10.7. The Morgan fingerprint density at radius 2 is 2.09 bits per heavy atom. The lowest BCUT2D eigenvalue weighted by Crippen LogP contribution is -2.11. The molecular formula is C16H19N5O. The molecule has 22 heavy (non-hydrogen) atoms. The number of rotatable bonds is 5. The van der Waals surface area contributed by atoms with Gasteiger partial charge in [-0.25, -0.2) is 4.98 Å². The zero-order valence-corrected chi connectivity index (χ0v) is 13.0. The highest BCUT2D eigenvalue weighted by molar-refractivity contribution is 5.50. The second-order valence-electron chi connectivity index (χ2n) is 5.17. The minimum atomic E-state index is -0.0358. The van der Waals surface area contributed by atoms with Crippen molar-refractivity contribution in [1.29, 1.82) is 0 Å². The molecule has 6 nitrogen and oxygen atoms in total. The Bertz CT molecular complexity index is 744. The summed E-state index contributed by atoms with van der Waals surface area (Å²) in [6.07, 6.45) is 7.40. The van der Waals surface area contributed by atoms with Crippen LogP contribution in [0.2, 0.25) is 0 Å². The predicted molar refractivity (Wildman–Crippen MR) is 82.3 cm³/mol. The summed E-state index contributed by atoms with van der Waals surface area (Å²) in [5.74, 6) is 2.05. The maximum absolute atomic E-state index is 5.34. The van der Waals surface area contributed by atoms with Crippen molar-refractivity contribution in [3.8, 4) is 11.5 Å². The van der Waals surface area contributed by atoms with Crippen LogP contribution in [0.4, 0.5) is 0 Å². The van der Waals surface area contributed by atoms with Crippen LogP contribution < -0.4 is 0 Å². The molecule has 0 spiro atoms. The second kappa shape index (κ2) is 6.09. The highest BCUT2D eigenvalue weighted by Crippen LogP contribution is 2.26. The van der Waals surface area contributed by atoms with Crippen LogP contribution in [0.25, 0.3) is 11.5 Å². The van der Waals surface area contributed by atoms with E-state index in [1.807, 2.05) is 30.0 Å². The van der Waals surface area contributed by atoms with Crippen LogP contribution in [0.5, 0.6) is 0 Å². The number of pyridine rings is 1. The molecule has 0 aliphatic carbocycles. The average Bonchev–Trinajstić information content (AvgIpc) is 3.18. The normalized spacial score (nSPS) is 12.5. The van der Waals surface area contributed by atoms with Crippen molar-refractivity contribution >= 4 is 0 Å². The van der Waals surface area contributed by atoms with E-state index >= 15 is 0 Å². The smallest absolute Gasteiger partial charge is 0.249 e. The molecule has 6 heteroatoms. The minimum Gasteiger partial charge on any atom is -0.337 e. The molecule has 0 aromatic carbocycles. The summed E-state index contributed by atoms with van der Waals surface area (Å²) in [6, 6.07) is 4.05. The highest BCUT2D eigenvalue weighted by atomic mass is 16.5. The molecule has 0 aliphatic heterocycles. The van der Waals surface area contributed by atoms with Crippen molar-refractivity contribution < 1.29 is 4.52 Å². The van der Waals surface area contributed by atoms with Crippen molar-refractivity contribution in [3.05, 3.63) is 48.0 Å². The van der Waals surface area contributed by atoms with E-state index in [9.17, 15) is 0 Å². The monoisotopic (exact) mass is 297 g/mol. The third kappa shape index (κ3) is 2.64. The minimum absolute atomic E-state index is 0.0358. The standard InChI is InChI=1S/C16H19N5O/c1-4-12-6-7-13(18-10-12)15-17-8-9-21(15)14(5-2)16-19-11(3)20-22-16/h6-10,14H,4-5H2,1-3H3. The maximum Gasteiger partial charge on any atom is 0.249 e. The molecule has 0 amide bonds. The molecule has 1 unspecified atom stereocenters. The summed E-state index contributed by atoms with van der Waals surface area (Å²) in [5, 5.41) is 3.88. The number of nitrogens with zero attached hydrogens (tertiary/aromatic N) is 5. The van der Waals surface area contributed by atoms with E-state index in [0.717, 1.165) is 24.4 Å². The molecular weight excluding hydrogens is 278 g/mol. The number of aromatic nitrogens is 5. The number of aryl methyl sites for hydroxylation is 2. The van der Waals surface area contributed by atoms with Crippen molar-refractivity contribution in [2.24, 2.45) is 0 Å². The second-order valence-corrected chi connectivity index (χ2v) is 5.17. The van der Waals surface area contributed by atoms with Gasteiger partial charge in [0.25, 0.3) is 0 Å². The lowest BCUT2D eigenvalue weighted by molar-refractivity contribution is 0.331. The van der Waals surface area contributed by atoms with Gasteiger partial charge < -0.3 is 9.09 Å². The molecule has 3 aromatic rings. The van der Waals surface area contributed by atoms with Crippen molar-refractivity contribution in [2.75, 3.05) is 0 Å². The quantitative estimate of drug-likeness (QED) is 0.723. The van der Waals surface area contributed by atoms with Gasteiger partial charge in [-0.3, -0.25) is 4.98 Å². The predicted octanol–water partition coefficient (Wildman–Crippen LogP) is 3.20. The van der Waals surface area contributed by atoms with E-state index in [1.54, 1.807) is 6.20 Å². The van der Waals surface area contributed by atoms with Gasteiger partial charge in [-0.1, -0.05) is 25.1 Å². The van der Waals surface area contributed by atoms with E-state index in [2.05, 4.69) is 40.0 Å². The molecule has 0 N–H and O–H groups in total. The van der Waals surface area contributed by atoms with Crippen LogP contribution in [-0.2, 0) is 6.42 Å². The summed E-state index contributed by atoms with van der Waals surface area (Å²) < 4.78 is 7.38. The van der Waals surface area contributed by atoms with Crippen LogP contribution >= 0.6 is 0 Å². The molecule has 3 heterocycles. The molecule has 1 atom stereocenters. The molecule has 0 saturated heterocycles. The van der Waals surface area contributed by atoms with Crippen LogP contribution in [0.1, 0.15) is 43.6 Å². The van der Waals surface area contributed by atoms with E-state index in [0.29, 0.717) is 11.7 Å².